The quantitative estimate of drug-likeness (QED) is 0.348. The number of ether oxygens (including phenoxy) is 1. The number of alkyl halides is 6. The van der Waals surface area contributed by atoms with E-state index < -0.39 is 64.3 Å². The van der Waals surface area contributed by atoms with Crippen LogP contribution in [0.2, 0.25) is 0 Å². The van der Waals surface area contributed by atoms with Crippen LogP contribution in [0.1, 0.15) is 85.7 Å². The molecule has 2 heterocycles. The Morgan fingerprint density at radius 2 is 1.63 bits per heavy atom. The summed E-state index contributed by atoms with van der Waals surface area (Å²) in [5.41, 5.74) is -2.43. The molecule has 3 aliphatic rings. The summed E-state index contributed by atoms with van der Waals surface area (Å²) < 4.78 is 103. The van der Waals surface area contributed by atoms with Crippen molar-refractivity contribution in [3.63, 3.8) is 0 Å². The lowest BCUT2D eigenvalue weighted by molar-refractivity contribution is -0.142. The number of rotatable bonds is 6. The summed E-state index contributed by atoms with van der Waals surface area (Å²) in [7, 11) is 0. The predicted molar refractivity (Wildman–Crippen MR) is 136 cm³/mol. The average molecular weight is 588 g/mol. The monoisotopic (exact) mass is 587 g/mol. The van der Waals surface area contributed by atoms with Gasteiger partial charge in [0.05, 0.1) is 17.0 Å². The largest absolute Gasteiger partial charge is 0.484 e. The Balaban J connectivity index is 1.36. The molecule has 1 spiro atoms. The van der Waals surface area contributed by atoms with Gasteiger partial charge in [-0.1, -0.05) is 19.1 Å². The summed E-state index contributed by atoms with van der Waals surface area (Å²) in [5.74, 6) is -2.59. The Hall–Kier alpha value is -2.82. The Kier molecular flexibility index (Phi) is 7.58. The fourth-order valence-corrected chi connectivity index (χ4v) is 6.56. The molecule has 41 heavy (non-hydrogen) atoms. The number of hydrogen-bond acceptors (Lipinski definition) is 3. The zero-order valence-electron chi connectivity index (χ0n) is 22.7. The van der Waals surface area contributed by atoms with Gasteiger partial charge in [-0.3, -0.25) is 9.69 Å². The minimum absolute atomic E-state index is 0.0911. The minimum Gasteiger partial charge on any atom is -0.484 e. The second-order valence-corrected chi connectivity index (χ2v) is 11.7. The Bertz CT molecular complexity index is 1310. The number of carboxylic acid groups (broad SMARTS) is 1. The predicted octanol–water partition coefficient (Wildman–Crippen LogP) is 8.00. The summed E-state index contributed by atoms with van der Waals surface area (Å²) in [6.45, 7) is 3.56. The number of aliphatic carboxylic acids is 1. The number of nitrogens with zero attached hydrogens (tertiary/aromatic N) is 1. The molecule has 1 saturated heterocycles. The summed E-state index contributed by atoms with van der Waals surface area (Å²) in [5, 5.41) is 9.61. The van der Waals surface area contributed by atoms with Crippen LogP contribution >= 0.6 is 0 Å². The molecule has 11 heteroatoms. The fourth-order valence-electron chi connectivity index (χ4n) is 6.56. The highest BCUT2D eigenvalue weighted by atomic mass is 19.4. The van der Waals surface area contributed by atoms with Crippen molar-refractivity contribution in [1.82, 2.24) is 4.90 Å². The fraction of sp³-hybridized carbons (Fsp3) is 0.567. The number of benzene rings is 2. The maximum absolute atomic E-state index is 15.9. The topological polar surface area (TPSA) is 49.8 Å². The summed E-state index contributed by atoms with van der Waals surface area (Å²) in [4.78, 5) is 13.5. The summed E-state index contributed by atoms with van der Waals surface area (Å²) in [6, 6.07) is 4.02. The highest BCUT2D eigenvalue weighted by Crippen LogP contribution is 2.50. The SMILES string of the molecule is C[C@H](C(=O)O)C(c1ccc2c(c1F)OC1(CC2)CCN([C@H](C)c2cc(C(F)(F)F)ccc2C(F)(F)F)CC1)C1CC1. The van der Waals surface area contributed by atoms with Gasteiger partial charge in [0.1, 0.15) is 5.60 Å². The molecule has 5 rings (SSSR count). The van der Waals surface area contributed by atoms with Crippen LogP contribution in [0.3, 0.4) is 0 Å². The molecule has 3 atom stereocenters. The first-order valence-electron chi connectivity index (χ1n) is 13.9. The van der Waals surface area contributed by atoms with E-state index in [0.29, 0.717) is 55.0 Å². The van der Waals surface area contributed by atoms with Crippen molar-refractivity contribution in [2.45, 2.75) is 82.3 Å². The van der Waals surface area contributed by atoms with Gasteiger partial charge in [0, 0.05) is 25.0 Å². The number of likely N-dealkylation sites (tertiary alicyclic amines) is 1. The molecule has 0 radical (unpaired) electrons. The van der Waals surface area contributed by atoms with Gasteiger partial charge in [0.25, 0.3) is 0 Å². The summed E-state index contributed by atoms with van der Waals surface area (Å²) in [6.07, 6.45) is -6.12. The van der Waals surface area contributed by atoms with Crippen molar-refractivity contribution in [1.29, 1.82) is 0 Å². The van der Waals surface area contributed by atoms with Gasteiger partial charge in [-0.15, -0.1) is 0 Å². The van der Waals surface area contributed by atoms with Crippen LogP contribution in [0.5, 0.6) is 5.75 Å². The smallest absolute Gasteiger partial charge is 0.416 e. The van der Waals surface area contributed by atoms with Gasteiger partial charge in [0.2, 0.25) is 0 Å². The van der Waals surface area contributed by atoms with Crippen molar-refractivity contribution in [2.24, 2.45) is 11.8 Å². The number of halogens is 7. The van der Waals surface area contributed by atoms with Crippen molar-refractivity contribution >= 4 is 5.97 Å². The van der Waals surface area contributed by atoms with E-state index in [1.165, 1.54) is 6.92 Å². The van der Waals surface area contributed by atoms with Gasteiger partial charge in [-0.25, -0.2) is 4.39 Å². The molecule has 0 bridgehead atoms. The van der Waals surface area contributed by atoms with Gasteiger partial charge >= 0.3 is 18.3 Å². The van der Waals surface area contributed by atoms with E-state index in [0.717, 1.165) is 12.8 Å². The molecule has 1 unspecified atom stereocenters. The first-order chi connectivity index (χ1) is 19.1. The maximum Gasteiger partial charge on any atom is 0.416 e. The third-order valence-electron chi connectivity index (χ3n) is 9.19. The van der Waals surface area contributed by atoms with E-state index in [1.54, 1.807) is 24.0 Å². The number of fused-ring (bicyclic) bond motifs is 1. The molecular weight excluding hydrogens is 555 g/mol. The maximum atomic E-state index is 15.9. The Morgan fingerprint density at radius 3 is 2.20 bits per heavy atom. The van der Waals surface area contributed by atoms with Crippen LogP contribution in [0.4, 0.5) is 30.7 Å². The van der Waals surface area contributed by atoms with E-state index in [1.807, 2.05) is 0 Å². The normalized spacial score (nSPS) is 21.6. The van der Waals surface area contributed by atoms with Crippen LogP contribution in [0, 0.1) is 17.7 Å². The van der Waals surface area contributed by atoms with Crippen molar-refractivity contribution in [3.05, 3.63) is 64.0 Å². The molecule has 1 aliphatic carbocycles. The number of hydrogen-bond donors (Lipinski definition) is 1. The van der Waals surface area contributed by atoms with Crippen LogP contribution in [0.25, 0.3) is 0 Å². The van der Waals surface area contributed by atoms with Gasteiger partial charge in [-0.2, -0.15) is 26.3 Å². The Morgan fingerprint density at radius 1 is 0.976 bits per heavy atom. The van der Waals surface area contributed by atoms with Crippen LogP contribution in [0.15, 0.2) is 30.3 Å². The number of carbonyl (C=O) groups is 1. The molecule has 2 aromatic rings. The number of aryl methyl sites for hydroxylation is 1. The van der Waals surface area contributed by atoms with Gasteiger partial charge in [0.15, 0.2) is 11.6 Å². The zero-order chi connectivity index (χ0) is 29.9. The van der Waals surface area contributed by atoms with Crippen molar-refractivity contribution < 1.29 is 45.4 Å². The molecule has 0 aromatic heterocycles. The second kappa shape index (κ2) is 10.5. The highest BCUT2D eigenvalue weighted by molar-refractivity contribution is 5.71. The molecule has 1 N–H and O–H groups in total. The van der Waals surface area contributed by atoms with E-state index in [4.69, 9.17) is 4.74 Å². The highest BCUT2D eigenvalue weighted by Gasteiger charge is 2.45. The first kappa shape index (κ1) is 29.7. The van der Waals surface area contributed by atoms with Crippen molar-refractivity contribution in [2.75, 3.05) is 13.1 Å². The van der Waals surface area contributed by atoms with E-state index in [9.17, 15) is 36.2 Å². The number of carboxylic acids is 1. The van der Waals surface area contributed by atoms with E-state index in [2.05, 4.69) is 0 Å². The molecule has 4 nitrogen and oxygen atoms in total. The van der Waals surface area contributed by atoms with Crippen LogP contribution < -0.4 is 4.74 Å². The molecule has 2 aromatic carbocycles. The molecule has 2 aliphatic heterocycles. The zero-order valence-corrected chi connectivity index (χ0v) is 22.7. The average Bonchev–Trinajstić information content (AvgIpc) is 3.74. The van der Waals surface area contributed by atoms with E-state index in [-0.39, 0.29) is 24.8 Å². The lowest BCUT2D eigenvalue weighted by atomic mass is 9.79. The van der Waals surface area contributed by atoms with Crippen molar-refractivity contribution in [3.8, 4) is 5.75 Å². The lowest BCUT2D eigenvalue weighted by Crippen LogP contribution is -2.50. The molecular formula is C30H32F7NO3. The lowest BCUT2D eigenvalue weighted by Gasteiger charge is -2.46. The second-order valence-electron chi connectivity index (χ2n) is 11.7. The van der Waals surface area contributed by atoms with Crippen LogP contribution in [-0.2, 0) is 23.6 Å². The van der Waals surface area contributed by atoms with E-state index >= 15 is 4.39 Å². The number of piperidine rings is 1. The third-order valence-corrected chi connectivity index (χ3v) is 9.19. The molecule has 2 fully saturated rings. The first-order valence-corrected chi connectivity index (χ1v) is 13.9. The minimum atomic E-state index is -4.81. The molecule has 1 saturated carbocycles. The molecule has 0 amide bonds. The van der Waals surface area contributed by atoms with Crippen LogP contribution in [-0.4, -0.2) is 34.7 Å². The Labute approximate surface area is 233 Å². The molecule has 224 valence electrons. The standard InChI is InChI=1S/C30H32F7NO3/c1-16(27(39)40)24(18-3-4-18)21-7-5-19-9-10-28(41-26(19)25(21)31)11-13-38(14-12-28)17(2)22-15-20(29(32,33)34)6-8-23(22)30(35,36)37/h5-8,15-18,24H,3-4,9-14H2,1-2H3,(H,39,40)/t16-,17+,24?/m0/s1. The summed E-state index contributed by atoms with van der Waals surface area (Å²) >= 11 is 0. The van der Waals surface area contributed by atoms with Gasteiger partial charge < -0.3 is 9.84 Å². The van der Waals surface area contributed by atoms with Gasteiger partial charge in [-0.05, 0) is 86.3 Å². The third kappa shape index (κ3) is 5.79.